The fourth-order valence-electron chi connectivity index (χ4n) is 2.85. The van der Waals surface area contributed by atoms with Crippen molar-refractivity contribution in [3.05, 3.63) is 87.0 Å². The lowest BCUT2D eigenvalue weighted by Gasteiger charge is -2.15. The van der Waals surface area contributed by atoms with Crippen LogP contribution in [-0.4, -0.2) is 31.2 Å². The van der Waals surface area contributed by atoms with Crippen molar-refractivity contribution in [2.24, 2.45) is 0 Å². The number of para-hydroxylation sites is 1. The number of hydrogen-bond acceptors (Lipinski definition) is 8. The van der Waals surface area contributed by atoms with Gasteiger partial charge in [0.2, 0.25) is 0 Å². The van der Waals surface area contributed by atoms with Crippen molar-refractivity contribution in [3.63, 3.8) is 0 Å². The zero-order valence-corrected chi connectivity index (χ0v) is 17.7. The van der Waals surface area contributed by atoms with Crippen LogP contribution in [-0.2, 0) is 4.79 Å². The van der Waals surface area contributed by atoms with Crippen LogP contribution in [0.25, 0.3) is 17.4 Å². The summed E-state index contributed by atoms with van der Waals surface area (Å²) >= 11 is 6.18. The van der Waals surface area contributed by atoms with Crippen LogP contribution in [0.1, 0.15) is 16.1 Å². The number of amides is 2. The number of benzene rings is 2. The predicted octanol–water partition coefficient (Wildman–Crippen LogP) is 4.11. The number of nitrogens with one attached hydrogen (secondary N) is 1. The maximum atomic E-state index is 12.7. The molecular weight excluding hydrogens is 454 g/mol. The van der Waals surface area contributed by atoms with Gasteiger partial charge in [0, 0.05) is 23.8 Å². The number of furan rings is 1. The summed E-state index contributed by atoms with van der Waals surface area (Å²) < 4.78 is 5.84. The first-order valence-electron chi connectivity index (χ1n) is 9.05. The lowest BCUT2D eigenvalue weighted by atomic mass is 10.1. The number of hydrazine groups is 1. The molecule has 2 N–H and O–H groups in total. The van der Waals surface area contributed by atoms with Crippen molar-refractivity contribution in [1.82, 2.24) is 10.4 Å². The Kier molecular flexibility index (Phi) is 5.75. The smallest absolute Gasteiger partial charge is 0.285 e. The number of nitro benzene ring substituents is 1. The van der Waals surface area contributed by atoms with Crippen LogP contribution in [0.2, 0.25) is 0 Å². The van der Waals surface area contributed by atoms with Crippen LogP contribution >= 0.6 is 24.0 Å². The van der Waals surface area contributed by atoms with Gasteiger partial charge in [-0.25, -0.2) is 0 Å². The molecule has 1 aromatic heterocycles. The highest BCUT2D eigenvalue weighted by Crippen LogP contribution is 2.33. The molecule has 0 radical (unpaired) electrons. The van der Waals surface area contributed by atoms with Crippen molar-refractivity contribution < 1.29 is 24.0 Å². The highest BCUT2D eigenvalue weighted by molar-refractivity contribution is 8.26. The lowest BCUT2D eigenvalue weighted by Crippen LogP contribution is -2.44. The van der Waals surface area contributed by atoms with Crippen LogP contribution < -0.4 is 5.43 Å². The number of phenols is 1. The van der Waals surface area contributed by atoms with E-state index in [9.17, 15) is 24.8 Å². The van der Waals surface area contributed by atoms with Crippen LogP contribution in [0.15, 0.2) is 70.0 Å². The second kappa shape index (κ2) is 8.65. The standard InChI is InChI=1S/C21H13N3O6S2/c25-16-4-2-1-3-15(16)19(26)22-23-20(27)18(32-21(23)31)11-14-9-10-17(30-14)12-5-7-13(8-6-12)24(28)29/h1-11,25H,(H,22,26). The van der Waals surface area contributed by atoms with Crippen LogP contribution in [0.4, 0.5) is 5.69 Å². The molecule has 1 aliphatic rings. The van der Waals surface area contributed by atoms with E-state index in [0.29, 0.717) is 17.1 Å². The topological polar surface area (TPSA) is 126 Å². The van der Waals surface area contributed by atoms with Crippen molar-refractivity contribution in [3.8, 4) is 17.1 Å². The summed E-state index contributed by atoms with van der Waals surface area (Å²) in [5.74, 6) is -0.614. The number of aromatic hydroxyl groups is 1. The molecule has 3 aromatic rings. The highest BCUT2D eigenvalue weighted by atomic mass is 32.2. The third-order valence-corrected chi connectivity index (χ3v) is 5.72. The molecule has 9 nitrogen and oxygen atoms in total. The Hall–Kier alpha value is -3.96. The molecule has 0 spiro atoms. The molecule has 1 aliphatic heterocycles. The minimum atomic E-state index is -0.681. The second-order valence-corrected chi connectivity index (χ2v) is 8.16. The Morgan fingerprint density at radius 2 is 1.88 bits per heavy atom. The molecule has 2 aromatic carbocycles. The summed E-state index contributed by atoms with van der Waals surface area (Å²) in [4.78, 5) is 35.6. The fourth-order valence-corrected chi connectivity index (χ4v) is 4.01. The lowest BCUT2D eigenvalue weighted by molar-refractivity contribution is -0.384. The van der Waals surface area contributed by atoms with E-state index in [1.54, 1.807) is 36.4 Å². The number of carbonyl (C=O) groups is 2. The van der Waals surface area contributed by atoms with E-state index < -0.39 is 16.7 Å². The minimum absolute atomic E-state index is 0.00399. The first kappa shape index (κ1) is 21.3. The van der Waals surface area contributed by atoms with E-state index in [0.717, 1.165) is 16.8 Å². The SMILES string of the molecule is O=C(NN1C(=O)C(=Cc2ccc(-c3ccc([N+](=O)[O-])cc3)o2)SC1=S)c1ccccc1O. The van der Waals surface area contributed by atoms with Crippen molar-refractivity contribution >= 4 is 51.9 Å². The summed E-state index contributed by atoms with van der Waals surface area (Å²) in [7, 11) is 0. The van der Waals surface area contributed by atoms with E-state index in [1.807, 2.05) is 0 Å². The first-order valence-corrected chi connectivity index (χ1v) is 10.3. The molecular formula is C21H13N3O6S2. The average Bonchev–Trinajstić information content (AvgIpc) is 3.34. The van der Waals surface area contributed by atoms with Gasteiger partial charge in [-0.05, 0) is 48.6 Å². The second-order valence-electron chi connectivity index (χ2n) is 6.48. The van der Waals surface area contributed by atoms with Crippen molar-refractivity contribution in [2.75, 3.05) is 0 Å². The third-order valence-electron chi connectivity index (χ3n) is 4.42. The van der Waals surface area contributed by atoms with Gasteiger partial charge in [0.05, 0.1) is 15.4 Å². The zero-order chi connectivity index (χ0) is 22.8. The van der Waals surface area contributed by atoms with Gasteiger partial charge in [0.1, 0.15) is 17.3 Å². The van der Waals surface area contributed by atoms with Crippen LogP contribution in [0, 0.1) is 10.1 Å². The normalized spacial score (nSPS) is 14.8. The van der Waals surface area contributed by atoms with E-state index in [4.69, 9.17) is 16.6 Å². The largest absolute Gasteiger partial charge is 0.507 e. The van der Waals surface area contributed by atoms with Gasteiger partial charge in [-0.15, -0.1) is 0 Å². The number of non-ortho nitro benzene ring substituents is 1. The Labute approximate surface area is 190 Å². The zero-order valence-electron chi connectivity index (χ0n) is 16.1. The van der Waals surface area contributed by atoms with Gasteiger partial charge >= 0.3 is 0 Å². The quantitative estimate of drug-likeness (QED) is 0.249. The number of phenolic OH excluding ortho intramolecular Hbond substituents is 1. The number of thiocarbonyl (C=S) groups is 1. The Balaban J connectivity index is 1.50. The fraction of sp³-hybridized carbons (Fsp3) is 0. The van der Waals surface area contributed by atoms with E-state index in [1.165, 1.54) is 30.3 Å². The Morgan fingerprint density at radius 1 is 1.16 bits per heavy atom. The number of thioether (sulfide) groups is 1. The molecule has 1 fully saturated rings. The number of rotatable bonds is 5. The molecule has 2 heterocycles. The van der Waals surface area contributed by atoms with E-state index >= 15 is 0 Å². The molecule has 160 valence electrons. The molecule has 0 aliphatic carbocycles. The van der Waals surface area contributed by atoms with Crippen LogP contribution in [0.5, 0.6) is 5.75 Å². The molecule has 1 saturated heterocycles. The maximum Gasteiger partial charge on any atom is 0.285 e. The summed E-state index contributed by atoms with van der Waals surface area (Å²) in [6.07, 6.45) is 1.49. The maximum absolute atomic E-state index is 12.7. The number of nitro groups is 1. The summed E-state index contributed by atoms with van der Waals surface area (Å²) in [5, 5.41) is 21.5. The molecule has 0 atom stereocenters. The van der Waals surface area contributed by atoms with E-state index in [2.05, 4.69) is 5.43 Å². The molecule has 0 saturated carbocycles. The third kappa shape index (κ3) is 4.24. The molecule has 11 heteroatoms. The molecule has 2 amide bonds. The monoisotopic (exact) mass is 467 g/mol. The predicted molar refractivity (Wildman–Crippen MR) is 121 cm³/mol. The average molecular weight is 467 g/mol. The Morgan fingerprint density at radius 3 is 2.56 bits per heavy atom. The van der Waals surface area contributed by atoms with Gasteiger partial charge in [-0.3, -0.25) is 25.1 Å². The minimum Gasteiger partial charge on any atom is -0.507 e. The van der Waals surface area contributed by atoms with Crippen LogP contribution in [0.3, 0.4) is 0 Å². The van der Waals surface area contributed by atoms with Gasteiger partial charge in [-0.1, -0.05) is 23.9 Å². The number of carbonyl (C=O) groups excluding carboxylic acids is 2. The first-order chi connectivity index (χ1) is 15.3. The summed E-state index contributed by atoms with van der Waals surface area (Å²) in [5.41, 5.74) is 3.00. The Bertz CT molecular complexity index is 1280. The molecule has 0 bridgehead atoms. The van der Waals surface area contributed by atoms with Gasteiger partial charge in [0.25, 0.3) is 17.5 Å². The van der Waals surface area contributed by atoms with Gasteiger partial charge in [-0.2, -0.15) is 5.01 Å². The van der Waals surface area contributed by atoms with Crippen molar-refractivity contribution in [1.29, 1.82) is 0 Å². The summed E-state index contributed by atoms with van der Waals surface area (Å²) in [6, 6.07) is 15.1. The van der Waals surface area contributed by atoms with E-state index in [-0.39, 0.29) is 26.2 Å². The highest BCUT2D eigenvalue weighted by Gasteiger charge is 2.34. The number of nitrogens with zero attached hydrogens (tertiary/aromatic N) is 2. The number of hydrogen-bond donors (Lipinski definition) is 2. The molecule has 4 rings (SSSR count). The van der Waals surface area contributed by atoms with Gasteiger partial charge < -0.3 is 9.52 Å². The molecule has 0 unspecified atom stereocenters. The molecule has 32 heavy (non-hydrogen) atoms. The van der Waals surface area contributed by atoms with Gasteiger partial charge in [0.15, 0.2) is 4.32 Å². The van der Waals surface area contributed by atoms with Crippen molar-refractivity contribution in [2.45, 2.75) is 0 Å². The summed E-state index contributed by atoms with van der Waals surface area (Å²) in [6.45, 7) is 0.